The van der Waals surface area contributed by atoms with Crippen molar-refractivity contribution in [1.82, 2.24) is 4.98 Å². The van der Waals surface area contributed by atoms with Gasteiger partial charge in [0.1, 0.15) is 5.69 Å². The van der Waals surface area contributed by atoms with Crippen LogP contribution >= 0.6 is 0 Å². The molecule has 5 aromatic rings. The Labute approximate surface area is 258 Å². The Morgan fingerprint density at radius 1 is 0.721 bits per heavy atom. The summed E-state index contributed by atoms with van der Waals surface area (Å²) < 4.78 is 7.45. The number of aromatic nitrogens is 1. The van der Waals surface area contributed by atoms with Crippen LogP contribution in [0.5, 0.6) is 0 Å². The van der Waals surface area contributed by atoms with Crippen LogP contribution in [0.15, 0.2) is 83.4 Å². The number of aryl methyl sites for hydroxylation is 1. The lowest BCUT2D eigenvalue weighted by atomic mass is 9.82. The second-order valence-corrected chi connectivity index (χ2v) is 18.9. The quantitative estimate of drug-likeness (QED) is 0.192. The van der Waals surface area contributed by atoms with E-state index in [0.717, 1.165) is 27.9 Å². The first-order valence-corrected chi connectivity index (χ1v) is 19.0. The molecule has 0 amide bonds. The Hall–Kier alpha value is -3.17. The van der Waals surface area contributed by atoms with Crippen molar-refractivity contribution in [3.8, 4) is 11.3 Å². The number of furan rings is 1. The van der Waals surface area contributed by atoms with Gasteiger partial charge in [-0.2, -0.15) is 0 Å². The van der Waals surface area contributed by atoms with Gasteiger partial charge >= 0.3 is 0 Å². The van der Waals surface area contributed by atoms with Gasteiger partial charge in [-0.25, -0.2) is 0 Å². The Morgan fingerprint density at radius 2 is 1.35 bits per heavy atom. The normalized spacial score (nSPS) is 17.6. The SMILES string of the molecule is Cc1c([Si](c2ccccc2)(C2CCCCC2)C2CCCCC2)oc2c(-c3cc(C(C)(C)C)c4ccccc4c3)nccc12. The number of nitrogens with zero attached hydrogens (tertiary/aromatic N) is 1. The van der Waals surface area contributed by atoms with Crippen molar-refractivity contribution in [2.75, 3.05) is 0 Å². The maximum absolute atomic E-state index is 7.45. The molecule has 0 unspecified atom stereocenters. The lowest BCUT2D eigenvalue weighted by molar-refractivity contribution is 0.454. The van der Waals surface area contributed by atoms with E-state index in [1.165, 1.54) is 96.9 Å². The molecule has 2 aliphatic carbocycles. The molecule has 222 valence electrons. The topological polar surface area (TPSA) is 26.0 Å². The van der Waals surface area contributed by atoms with Crippen LogP contribution in [0.1, 0.15) is 96.1 Å². The highest BCUT2D eigenvalue weighted by atomic mass is 28.3. The second-order valence-electron chi connectivity index (χ2n) is 14.5. The van der Waals surface area contributed by atoms with E-state index in [2.05, 4.69) is 100 Å². The summed E-state index contributed by atoms with van der Waals surface area (Å²) in [4.78, 5) is 5.06. The molecule has 2 nitrogen and oxygen atoms in total. The lowest BCUT2D eigenvalue weighted by Gasteiger charge is -2.47. The molecule has 7 rings (SSSR count). The van der Waals surface area contributed by atoms with Crippen molar-refractivity contribution in [3.63, 3.8) is 0 Å². The molecule has 3 aromatic carbocycles. The zero-order valence-electron chi connectivity index (χ0n) is 26.6. The minimum Gasteiger partial charge on any atom is -0.463 e. The van der Waals surface area contributed by atoms with Gasteiger partial charge in [0.2, 0.25) is 0 Å². The van der Waals surface area contributed by atoms with Gasteiger partial charge in [0, 0.05) is 17.1 Å². The zero-order valence-corrected chi connectivity index (χ0v) is 27.6. The van der Waals surface area contributed by atoms with E-state index < -0.39 is 8.07 Å². The van der Waals surface area contributed by atoms with E-state index in [-0.39, 0.29) is 5.41 Å². The molecule has 2 aliphatic rings. The van der Waals surface area contributed by atoms with Gasteiger partial charge in [-0.15, -0.1) is 0 Å². The molecule has 3 heteroatoms. The summed E-state index contributed by atoms with van der Waals surface area (Å²) in [6.07, 6.45) is 15.6. The van der Waals surface area contributed by atoms with E-state index in [0.29, 0.717) is 0 Å². The van der Waals surface area contributed by atoms with Gasteiger partial charge in [0.15, 0.2) is 13.7 Å². The van der Waals surface area contributed by atoms with Crippen molar-refractivity contribution in [3.05, 3.63) is 90.1 Å². The van der Waals surface area contributed by atoms with Crippen LogP contribution in [0.25, 0.3) is 33.0 Å². The number of hydrogen-bond donors (Lipinski definition) is 0. The molecular formula is C40H47NOSi. The molecule has 43 heavy (non-hydrogen) atoms. The molecule has 0 saturated heterocycles. The Kier molecular flexibility index (Phi) is 7.58. The highest BCUT2D eigenvalue weighted by molar-refractivity contribution is 7.04. The summed E-state index contributed by atoms with van der Waals surface area (Å²) in [6.45, 7) is 9.31. The average molecular weight is 586 g/mol. The highest BCUT2D eigenvalue weighted by Crippen LogP contribution is 2.49. The fourth-order valence-electron chi connectivity index (χ4n) is 8.95. The molecule has 2 fully saturated rings. The van der Waals surface area contributed by atoms with E-state index in [1.807, 2.05) is 6.20 Å². The minimum absolute atomic E-state index is 0.0189. The molecule has 2 heterocycles. The van der Waals surface area contributed by atoms with Crippen LogP contribution in [0, 0.1) is 6.92 Å². The molecule has 0 N–H and O–H groups in total. The van der Waals surface area contributed by atoms with Gasteiger partial charge in [0.05, 0.1) is 5.38 Å². The Morgan fingerprint density at radius 3 is 2.00 bits per heavy atom. The summed E-state index contributed by atoms with van der Waals surface area (Å²) in [5.41, 5.74) is 7.37. The number of pyridine rings is 1. The highest BCUT2D eigenvalue weighted by Gasteiger charge is 2.54. The summed E-state index contributed by atoms with van der Waals surface area (Å²) >= 11 is 0. The standard InChI is InChI=1S/C40H47NOSi/c1-28-34-24-25-41-37(30-26-29-16-14-15-23-35(29)36(27-30)40(2,3)4)38(34)42-39(28)43(31-17-8-5-9-18-31,32-19-10-6-11-20-32)33-21-12-7-13-22-33/h5,8-9,14-18,23-27,32-33H,6-7,10-13,19-22H2,1-4H3. The molecular weight excluding hydrogens is 539 g/mol. The molecule has 0 spiro atoms. The summed E-state index contributed by atoms with van der Waals surface area (Å²) in [5.74, 6) is 0. The van der Waals surface area contributed by atoms with Crippen molar-refractivity contribution < 1.29 is 4.42 Å². The number of benzene rings is 3. The van der Waals surface area contributed by atoms with Gasteiger partial charge in [0.25, 0.3) is 0 Å². The first kappa shape index (κ1) is 28.6. The van der Waals surface area contributed by atoms with Crippen LogP contribution in [-0.2, 0) is 5.41 Å². The largest absolute Gasteiger partial charge is 0.463 e. The third kappa shape index (κ3) is 4.88. The van der Waals surface area contributed by atoms with Crippen molar-refractivity contribution >= 4 is 40.4 Å². The zero-order chi connectivity index (χ0) is 29.6. The predicted octanol–water partition coefficient (Wildman–Crippen LogP) is 10.5. The molecule has 0 bridgehead atoms. The smallest absolute Gasteiger partial charge is 0.169 e. The molecule has 0 radical (unpaired) electrons. The maximum atomic E-state index is 7.45. The van der Waals surface area contributed by atoms with Crippen molar-refractivity contribution in [2.24, 2.45) is 0 Å². The molecule has 0 aliphatic heterocycles. The van der Waals surface area contributed by atoms with Crippen LogP contribution in [-0.4, -0.2) is 13.1 Å². The van der Waals surface area contributed by atoms with Crippen molar-refractivity contribution in [2.45, 2.75) is 108 Å². The fourth-order valence-corrected chi connectivity index (χ4v) is 16.0. The van der Waals surface area contributed by atoms with E-state index >= 15 is 0 Å². The Bertz CT molecular complexity index is 1710. The maximum Gasteiger partial charge on any atom is 0.169 e. The van der Waals surface area contributed by atoms with Crippen LogP contribution in [0.2, 0.25) is 11.1 Å². The van der Waals surface area contributed by atoms with E-state index in [9.17, 15) is 0 Å². The van der Waals surface area contributed by atoms with Gasteiger partial charge in [-0.1, -0.05) is 140 Å². The number of fused-ring (bicyclic) bond motifs is 2. The second kappa shape index (κ2) is 11.4. The van der Waals surface area contributed by atoms with E-state index in [4.69, 9.17) is 9.40 Å². The molecule has 2 aromatic heterocycles. The first-order valence-electron chi connectivity index (χ1n) is 16.9. The predicted molar refractivity (Wildman–Crippen MR) is 186 cm³/mol. The number of hydrogen-bond acceptors (Lipinski definition) is 2. The van der Waals surface area contributed by atoms with Gasteiger partial charge in [-0.3, -0.25) is 4.98 Å². The number of rotatable bonds is 5. The minimum atomic E-state index is -2.28. The third-order valence-corrected chi connectivity index (χ3v) is 17.2. The van der Waals surface area contributed by atoms with Crippen LogP contribution in [0.4, 0.5) is 0 Å². The third-order valence-electron chi connectivity index (χ3n) is 10.9. The summed E-state index contributed by atoms with van der Waals surface area (Å²) in [5, 5.41) is 6.81. The average Bonchev–Trinajstić information content (AvgIpc) is 3.38. The lowest BCUT2D eigenvalue weighted by Crippen LogP contribution is -2.65. The summed E-state index contributed by atoms with van der Waals surface area (Å²) in [6, 6.07) is 27.5. The van der Waals surface area contributed by atoms with Crippen LogP contribution in [0.3, 0.4) is 0 Å². The summed E-state index contributed by atoms with van der Waals surface area (Å²) in [7, 11) is -2.28. The Balaban J connectivity index is 1.50. The molecule has 0 atom stereocenters. The first-order chi connectivity index (χ1) is 20.9. The fraction of sp³-hybridized carbons (Fsp3) is 0.425. The van der Waals surface area contributed by atoms with Crippen LogP contribution < -0.4 is 10.6 Å². The molecule has 2 saturated carbocycles. The van der Waals surface area contributed by atoms with Crippen molar-refractivity contribution in [1.29, 1.82) is 0 Å². The van der Waals surface area contributed by atoms with Gasteiger partial charge in [-0.05, 0) is 68.7 Å². The van der Waals surface area contributed by atoms with Gasteiger partial charge < -0.3 is 4.42 Å². The van der Waals surface area contributed by atoms with E-state index in [1.54, 1.807) is 5.19 Å². The monoisotopic (exact) mass is 585 g/mol.